The number of benzene rings is 1. The monoisotopic (exact) mass is 298 g/mol. The highest BCUT2D eigenvalue weighted by atomic mass is 16.5. The second-order valence-electron chi connectivity index (χ2n) is 4.73. The van der Waals surface area contributed by atoms with Gasteiger partial charge in [0.25, 0.3) is 5.71 Å². The molecule has 3 aromatic rings. The topological polar surface area (TPSA) is 90.1 Å². The molecule has 0 saturated carbocycles. The summed E-state index contributed by atoms with van der Waals surface area (Å²) in [6.45, 7) is 3.57. The summed E-state index contributed by atoms with van der Waals surface area (Å²) < 4.78 is 9.97. The van der Waals surface area contributed by atoms with Crippen molar-refractivity contribution >= 4 is 28.6 Å². The first-order valence-electron chi connectivity index (χ1n) is 6.65. The van der Waals surface area contributed by atoms with E-state index in [4.69, 9.17) is 9.26 Å². The molecule has 0 radical (unpaired) electrons. The number of methoxy groups -OCH3 is 1. The zero-order valence-electron chi connectivity index (χ0n) is 12.4. The summed E-state index contributed by atoms with van der Waals surface area (Å²) in [5, 5.41) is 7.74. The van der Waals surface area contributed by atoms with E-state index in [0.717, 1.165) is 0 Å². The van der Waals surface area contributed by atoms with Crippen molar-refractivity contribution in [1.82, 2.24) is 15.1 Å². The molecule has 0 atom stereocenters. The van der Waals surface area contributed by atoms with Gasteiger partial charge in [0, 0.05) is 0 Å². The van der Waals surface area contributed by atoms with Gasteiger partial charge in [0.05, 0.1) is 24.1 Å². The zero-order valence-corrected chi connectivity index (χ0v) is 12.4. The molecule has 0 aliphatic carbocycles. The fourth-order valence-corrected chi connectivity index (χ4v) is 2.19. The standard InChI is InChI=1S/C15H14N4O3/c1-8-12-13(16-9(2)17-14(12)22-19-8)18-11-7-5-4-6-10(11)15(20)21-3/h4-7H,1-3H3,(H,16,17,18). The van der Waals surface area contributed by atoms with Crippen LogP contribution in [0.2, 0.25) is 0 Å². The Bertz CT molecular complexity index is 857. The summed E-state index contributed by atoms with van der Waals surface area (Å²) in [6.07, 6.45) is 0. The van der Waals surface area contributed by atoms with Crippen molar-refractivity contribution in [2.45, 2.75) is 13.8 Å². The maximum Gasteiger partial charge on any atom is 0.339 e. The van der Waals surface area contributed by atoms with Crippen LogP contribution in [0.3, 0.4) is 0 Å². The second-order valence-corrected chi connectivity index (χ2v) is 4.73. The number of hydrogen-bond donors (Lipinski definition) is 1. The van der Waals surface area contributed by atoms with Gasteiger partial charge in [-0.2, -0.15) is 4.98 Å². The van der Waals surface area contributed by atoms with E-state index in [0.29, 0.717) is 39.7 Å². The van der Waals surface area contributed by atoms with Crippen molar-refractivity contribution in [3.8, 4) is 0 Å². The van der Waals surface area contributed by atoms with Gasteiger partial charge in [-0.15, -0.1) is 0 Å². The maximum absolute atomic E-state index is 11.8. The van der Waals surface area contributed by atoms with Crippen LogP contribution < -0.4 is 5.32 Å². The molecule has 7 nitrogen and oxygen atoms in total. The molecule has 0 unspecified atom stereocenters. The van der Waals surface area contributed by atoms with Crippen molar-refractivity contribution in [3.05, 3.63) is 41.3 Å². The largest absolute Gasteiger partial charge is 0.465 e. The van der Waals surface area contributed by atoms with E-state index in [1.54, 1.807) is 25.1 Å². The lowest BCUT2D eigenvalue weighted by Gasteiger charge is -2.11. The number of nitrogens with one attached hydrogen (secondary N) is 1. The number of esters is 1. The van der Waals surface area contributed by atoms with Crippen LogP contribution in [0, 0.1) is 13.8 Å². The highest BCUT2D eigenvalue weighted by molar-refractivity contribution is 5.98. The van der Waals surface area contributed by atoms with Crippen LogP contribution in [0.5, 0.6) is 0 Å². The van der Waals surface area contributed by atoms with Crippen molar-refractivity contribution in [2.24, 2.45) is 0 Å². The molecule has 112 valence electrons. The first-order chi connectivity index (χ1) is 10.6. The Kier molecular flexibility index (Phi) is 3.46. The van der Waals surface area contributed by atoms with Crippen molar-refractivity contribution in [2.75, 3.05) is 12.4 Å². The molecule has 0 amide bonds. The Morgan fingerprint density at radius 3 is 2.77 bits per heavy atom. The third-order valence-corrected chi connectivity index (χ3v) is 3.20. The molecular formula is C15H14N4O3. The molecule has 3 rings (SSSR count). The molecule has 0 fully saturated rings. The number of rotatable bonds is 3. The summed E-state index contributed by atoms with van der Waals surface area (Å²) in [7, 11) is 1.34. The molecule has 0 aliphatic heterocycles. The van der Waals surface area contributed by atoms with E-state index in [9.17, 15) is 4.79 Å². The van der Waals surface area contributed by atoms with Gasteiger partial charge in [0.2, 0.25) is 0 Å². The lowest BCUT2D eigenvalue weighted by molar-refractivity contribution is 0.0602. The quantitative estimate of drug-likeness (QED) is 0.743. The zero-order chi connectivity index (χ0) is 15.7. The average Bonchev–Trinajstić information content (AvgIpc) is 2.88. The van der Waals surface area contributed by atoms with Gasteiger partial charge in [-0.3, -0.25) is 0 Å². The molecule has 22 heavy (non-hydrogen) atoms. The number of carbonyl (C=O) groups excluding carboxylic acids is 1. The van der Waals surface area contributed by atoms with E-state index >= 15 is 0 Å². The molecule has 0 spiro atoms. The van der Waals surface area contributed by atoms with Crippen molar-refractivity contribution in [3.63, 3.8) is 0 Å². The summed E-state index contributed by atoms with van der Waals surface area (Å²) in [4.78, 5) is 20.4. The van der Waals surface area contributed by atoms with E-state index in [1.807, 2.05) is 13.0 Å². The molecular weight excluding hydrogens is 284 g/mol. The van der Waals surface area contributed by atoms with Gasteiger partial charge in [0.1, 0.15) is 17.0 Å². The fourth-order valence-electron chi connectivity index (χ4n) is 2.19. The number of aromatic nitrogens is 3. The van der Waals surface area contributed by atoms with Crippen LogP contribution in [0.1, 0.15) is 21.9 Å². The van der Waals surface area contributed by atoms with Gasteiger partial charge < -0.3 is 14.6 Å². The minimum atomic E-state index is -0.424. The van der Waals surface area contributed by atoms with Crippen LogP contribution in [0.4, 0.5) is 11.5 Å². The van der Waals surface area contributed by atoms with E-state index in [2.05, 4.69) is 20.4 Å². The molecule has 2 heterocycles. The van der Waals surface area contributed by atoms with Crippen molar-refractivity contribution in [1.29, 1.82) is 0 Å². The molecule has 2 aromatic heterocycles. The Labute approximate surface area is 126 Å². The Morgan fingerprint density at radius 1 is 1.23 bits per heavy atom. The summed E-state index contributed by atoms with van der Waals surface area (Å²) in [5.74, 6) is 0.659. The number of carbonyl (C=O) groups is 1. The summed E-state index contributed by atoms with van der Waals surface area (Å²) >= 11 is 0. The molecule has 0 aliphatic rings. The smallest absolute Gasteiger partial charge is 0.339 e. The van der Waals surface area contributed by atoms with Gasteiger partial charge >= 0.3 is 5.97 Å². The number of ether oxygens (including phenoxy) is 1. The van der Waals surface area contributed by atoms with Gasteiger partial charge in [-0.1, -0.05) is 17.3 Å². The van der Waals surface area contributed by atoms with Gasteiger partial charge in [-0.05, 0) is 26.0 Å². The molecule has 0 bridgehead atoms. The van der Waals surface area contributed by atoms with Gasteiger partial charge in [-0.25, -0.2) is 9.78 Å². The first kappa shape index (κ1) is 14.0. The van der Waals surface area contributed by atoms with Gasteiger partial charge in [0.15, 0.2) is 0 Å². The normalized spacial score (nSPS) is 10.7. The first-order valence-corrected chi connectivity index (χ1v) is 6.65. The molecule has 1 N–H and O–H groups in total. The summed E-state index contributed by atoms with van der Waals surface area (Å²) in [5.41, 5.74) is 2.09. The second kappa shape index (κ2) is 5.44. The van der Waals surface area contributed by atoms with E-state index < -0.39 is 5.97 Å². The number of nitrogens with zero attached hydrogens (tertiary/aromatic N) is 3. The Morgan fingerprint density at radius 2 is 2.00 bits per heavy atom. The van der Waals surface area contributed by atoms with Crippen LogP contribution in [0.15, 0.2) is 28.8 Å². The highest BCUT2D eigenvalue weighted by Crippen LogP contribution is 2.28. The Hall–Kier alpha value is -2.96. The third kappa shape index (κ3) is 2.37. The third-order valence-electron chi connectivity index (χ3n) is 3.20. The lowest BCUT2D eigenvalue weighted by Crippen LogP contribution is -2.07. The number of fused-ring (bicyclic) bond motifs is 1. The molecule has 0 saturated heterocycles. The number of hydrogen-bond acceptors (Lipinski definition) is 7. The number of aryl methyl sites for hydroxylation is 2. The highest BCUT2D eigenvalue weighted by Gasteiger charge is 2.17. The van der Waals surface area contributed by atoms with Crippen LogP contribution in [-0.4, -0.2) is 28.2 Å². The minimum absolute atomic E-state index is 0.406. The molecule has 1 aromatic carbocycles. The molecule has 7 heteroatoms. The van der Waals surface area contributed by atoms with Crippen molar-refractivity contribution < 1.29 is 14.1 Å². The minimum Gasteiger partial charge on any atom is -0.465 e. The fraction of sp³-hybridized carbons (Fsp3) is 0.200. The van der Waals surface area contributed by atoms with Crippen LogP contribution >= 0.6 is 0 Å². The number of para-hydroxylation sites is 1. The predicted molar refractivity (Wildman–Crippen MR) is 80.1 cm³/mol. The summed E-state index contributed by atoms with van der Waals surface area (Å²) in [6, 6.07) is 7.04. The number of anilines is 2. The SMILES string of the molecule is COC(=O)c1ccccc1Nc1nc(C)nc2onc(C)c12. The van der Waals surface area contributed by atoms with Crippen LogP contribution in [0.25, 0.3) is 11.1 Å². The van der Waals surface area contributed by atoms with Crippen LogP contribution in [-0.2, 0) is 4.74 Å². The lowest BCUT2D eigenvalue weighted by atomic mass is 10.1. The predicted octanol–water partition coefficient (Wildman–Crippen LogP) is 2.76. The maximum atomic E-state index is 11.8. The van der Waals surface area contributed by atoms with E-state index in [-0.39, 0.29) is 0 Å². The van der Waals surface area contributed by atoms with E-state index in [1.165, 1.54) is 7.11 Å². The average molecular weight is 298 g/mol. The Balaban J connectivity index is 2.11.